The zero-order valence-electron chi connectivity index (χ0n) is 12.0. The number of fused-ring (bicyclic) bond motifs is 1. The Hall–Kier alpha value is -1.60. The number of nitrogens with one attached hydrogen (secondary N) is 1. The van der Waals surface area contributed by atoms with E-state index in [9.17, 15) is 8.42 Å². The lowest BCUT2D eigenvalue weighted by atomic mass is 10.1. The van der Waals surface area contributed by atoms with Crippen molar-refractivity contribution >= 4 is 32.2 Å². The molecule has 0 aliphatic carbocycles. The average molecular weight is 323 g/mol. The molecule has 1 aromatic carbocycles. The molecular formula is C14H17N3O2S2. The molecule has 0 amide bonds. The van der Waals surface area contributed by atoms with Gasteiger partial charge in [-0.25, -0.2) is 13.4 Å². The van der Waals surface area contributed by atoms with Crippen molar-refractivity contribution in [1.82, 2.24) is 4.98 Å². The molecule has 2 heterocycles. The van der Waals surface area contributed by atoms with Gasteiger partial charge >= 0.3 is 0 Å². The summed E-state index contributed by atoms with van der Waals surface area (Å²) in [5.74, 6) is 0.131. The van der Waals surface area contributed by atoms with Gasteiger partial charge in [0.25, 0.3) is 0 Å². The van der Waals surface area contributed by atoms with Gasteiger partial charge in [-0.2, -0.15) is 0 Å². The van der Waals surface area contributed by atoms with Crippen molar-refractivity contribution in [2.75, 3.05) is 29.0 Å². The molecule has 0 radical (unpaired) electrons. The highest BCUT2D eigenvalue weighted by Crippen LogP contribution is 2.34. The number of benzene rings is 1. The summed E-state index contributed by atoms with van der Waals surface area (Å²) in [5.41, 5.74) is 3.83. The summed E-state index contributed by atoms with van der Waals surface area (Å²) in [4.78, 5) is 4.48. The summed E-state index contributed by atoms with van der Waals surface area (Å²) >= 11 is 1.56. The fourth-order valence-electron chi connectivity index (χ4n) is 2.50. The van der Waals surface area contributed by atoms with E-state index in [0.717, 1.165) is 34.1 Å². The SMILES string of the molecule is CCS(=O)(=O)N1CCc2cc(-c3csc(NC)n3)ccc21. The lowest BCUT2D eigenvalue weighted by Gasteiger charge is -2.18. The lowest BCUT2D eigenvalue weighted by molar-refractivity contribution is 0.593. The van der Waals surface area contributed by atoms with Gasteiger partial charge < -0.3 is 5.32 Å². The minimum Gasteiger partial charge on any atom is -0.365 e. The average Bonchev–Trinajstić information content (AvgIpc) is 3.13. The Morgan fingerprint density at radius 1 is 1.43 bits per heavy atom. The molecule has 0 spiro atoms. The molecule has 3 rings (SSSR count). The molecule has 5 nitrogen and oxygen atoms in total. The molecule has 0 atom stereocenters. The second kappa shape index (κ2) is 5.31. The van der Waals surface area contributed by atoms with Crippen LogP contribution >= 0.6 is 11.3 Å². The van der Waals surface area contributed by atoms with E-state index < -0.39 is 10.0 Å². The Labute approximate surface area is 128 Å². The third kappa shape index (κ3) is 2.51. The van der Waals surface area contributed by atoms with Gasteiger partial charge in [-0.05, 0) is 31.0 Å². The first-order valence-corrected chi connectivity index (χ1v) is 9.31. The van der Waals surface area contributed by atoms with Crippen LogP contribution in [0, 0.1) is 0 Å². The third-order valence-electron chi connectivity index (χ3n) is 3.65. The van der Waals surface area contributed by atoms with Gasteiger partial charge in [-0.1, -0.05) is 6.07 Å². The van der Waals surface area contributed by atoms with Gasteiger partial charge in [0.05, 0.1) is 17.1 Å². The van der Waals surface area contributed by atoms with Gasteiger partial charge in [0.1, 0.15) is 0 Å². The van der Waals surface area contributed by atoms with Crippen LogP contribution in [0.15, 0.2) is 23.6 Å². The maximum atomic E-state index is 12.1. The molecule has 112 valence electrons. The molecule has 0 saturated heterocycles. The summed E-state index contributed by atoms with van der Waals surface area (Å²) in [6, 6.07) is 5.88. The minimum absolute atomic E-state index is 0.131. The molecule has 0 bridgehead atoms. The van der Waals surface area contributed by atoms with Crippen molar-refractivity contribution in [1.29, 1.82) is 0 Å². The summed E-state index contributed by atoms with van der Waals surface area (Å²) in [6.07, 6.45) is 0.755. The standard InChI is InChI=1S/C14H17N3O2S2/c1-3-21(18,19)17-7-6-11-8-10(4-5-13(11)17)12-9-20-14(15-2)16-12/h4-5,8-9H,3,6-7H2,1-2H3,(H,15,16). The Kier molecular flexibility index (Phi) is 3.62. The van der Waals surface area contributed by atoms with Crippen LogP contribution in [-0.4, -0.2) is 32.7 Å². The molecule has 0 unspecified atom stereocenters. The number of nitrogens with zero attached hydrogens (tertiary/aromatic N) is 2. The van der Waals surface area contributed by atoms with Crippen LogP contribution in [0.5, 0.6) is 0 Å². The normalized spacial score (nSPS) is 14.3. The monoisotopic (exact) mass is 323 g/mol. The van der Waals surface area contributed by atoms with Crippen LogP contribution in [0.4, 0.5) is 10.8 Å². The van der Waals surface area contributed by atoms with Crippen LogP contribution < -0.4 is 9.62 Å². The van der Waals surface area contributed by atoms with Crippen LogP contribution in [0.3, 0.4) is 0 Å². The maximum absolute atomic E-state index is 12.1. The summed E-state index contributed by atoms with van der Waals surface area (Å²) < 4.78 is 25.7. The van der Waals surface area contributed by atoms with E-state index in [-0.39, 0.29) is 5.75 Å². The molecule has 21 heavy (non-hydrogen) atoms. The fraction of sp³-hybridized carbons (Fsp3) is 0.357. The first kappa shape index (κ1) is 14.3. The molecule has 0 saturated carbocycles. The summed E-state index contributed by atoms with van der Waals surface area (Å²) in [5, 5.41) is 5.90. The highest BCUT2D eigenvalue weighted by atomic mass is 32.2. The van der Waals surface area contributed by atoms with Crippen LogP contribution in [-0.2, 0) is 16.4 Å². The number of anilines is 2. The van der Waals surface area contributed by atoms with Crippen molar-refractivity contribution in [3.05, 3.63) is 29.1 Å². The Balaban J connectivity index is 1.97. The van der Waals surface area contributed by atoms with Crippen LogP contribution in [0.2, 0.25) is 0 Å². The van der Waals surface area contributed by atoms with Crippen LogP contribution in [0.25, 0.3) is 11.3 Å². The third-order valence-corrected chi connectivity index (χ3v) is 6.29. The molecule has 1 aliphatic rings. The van der Waals surface area contributed by atoms with E-state index in [1.54, 1.807) is 18.3 Å². The van der Waals surface area contributed by atoms with Crippen molar-refractivity contribution in [2.45, 2.75) is 13.3 Å². The van der Waals surface area contributed by atoms with Gasteiger partial charge in [-0.3, -0.25) is 4.31 Å². The number of aromatic nitrogens is 1. The topological polar surface area (TPSA) is 62.3 Å². The zero-order valence-corrected chi connectivity index (χ0v) is 13.6. The van der Waals surface area contributed by atoms with Crippen LogP contribution in [0.1, 0.15) is 12.5 Å². The fourth-order valence-corrected chi connectivity index (χ4v) is 4.34. The Morgan fingerprint density at radius 3 is 2.90 bits per heavy atom. The van der Waals surface area contributed by atoms with Gasteiger partial charge in [-0.15, -0.1) is 11.3 Å². The highest BCUT2D eigenvalue weighted by Gasteiger charge is 2.28. The van der Waals surface area contributed by atoms with Crippen molar-refractivity contribution < 1.29 is 8.42 Å². The summed E-state index contributed by atoms with van der Waals surface area (Å²) in [7, 11) is -1.33. The lowest BCUT2D eigenvalue weighted by Crippen LogP contribution is -2.30. The Morgan fingerprint density at radius 2 is 2.24 bits per heavy atom. The molecule has 2 aromatic rings. The van der Waals surface area contributed by atoms with E-state index in [4.69, 9.17) is 0 Å². The molecule has 1 N–H and O–H groups in total. The predicted octanol–water partition coefficient (Wildman–Crippen LogP) is 2.56. The predicted molar refractivity (Wildman–Crippen MR) is 87.6 cm³/mol. The maximum Gasteiger partial charge on any atom is 0.234 e. The minimum atomic E-state index is -3.18. The van der Waals surface area contributed by atoms with E-state index in [1.165, 1.54) is 4.31 Å². The number of sulfonamides is 1. The van der Waals surface area contributed by atoms with E-state index in [0.29, 0.717) is 6.54 Å². The van der Waals surface area contributed by atoms with Gasteiger partial charge in [0.15, 0.2) is 5.13 Å². The van der Waals surface area contributed by atoms with Crippen molar-refractivity contribution in [2.24, 2.45) is 0 Å². The first-order valence-electron chi connectivity index (χ1n) is 6.82. The van der Waals surface area contributed by atoms with Crippen molar-refractivity contribution in [3.8, 4) is 11.3 Å². The number of rotatable bonds is 4. The summed E-state index contributed by atoms with van der Waals surface area (Å²) in [6.45, 7) is 2.21. The van der Waals surface area contributed by atoms with Gasteiger partial charge in [0.2, 0.25) is 10.0 Å². The molecule has 7 heteroatoms. The second-order valence-corrected chi connectivity index (χ2v) is 7.89. The number of thiazole rings is 1. The molecular weight excluding hydrogens is 306 g/mol. The highest BCUT2D eigenvalue weighted by molar-refractivity contribution is 7.92. The zero-order chi connectivity index (χ0) is 15.0. The largest absolute Gasteiger partial charge is 0.365 e. The van der Waals surface area contributed by atoms with E-state index in [2.05, 4.69) is 16.4 Å². The first-order chi connectivity index (χ1) is 10.0. The quantitative estimate of drug-likeness (QED) is 0.939. The molecule has 1 aromatic heterocycles. The second-order valence-electron chi connectivity index (χ2n) is 4.85. The van der Waals surface area contributed by atoms with E-state index >= 15 is 0 Å². The Bertz CT molecular complexity index is 768. The molecule has 0 fully saturated rings. The molecule has 1 aliphatic heterocycles. The van der Waals surface area contributed by atoms with Gasteiger partial charge in [0, 0.05) is 24.5 Å². The van der Waals surface area contributed by atoms with E-state index in [1.807, 2.05) is 24.6 Å². The smallest absolute Gasteiger partial charge is 0.234 e. The number of hydrogen-bond acceptors (Lipinski definition) is 5. The van der Waals surface area contributed by atoms with Crippen molar-refractivity contribution in [3.63, 3.8) is 0 Å². The number of hydrogen-bond donors (Lipinski definition) is 1.